The van der Waals surface area contributed by atoms with Gasteiger partial charge in [-0.2, -0.15) is 0 Å². The molecule has 0 spiro atoms. The fourth-order valence-corrected chi connectivity index (χ4v) is 3.99. The fourth-order valence-electron chi connectivity index (χ4n) is 2.96. The zero-order valence-electron chi connectivity index (χ0n) is 14.9. The average Bonchev–Trinajstić information content (AvgIpc) is 2.50. The van der Waals surface area contributed by atoms with Crippen molar-refractivity contribution >= 4 is 13.9 Å². The molecule has 2 N–H and O–H groups in total. The summed E-state index contributed by atoms with van der Waals surface area (Å²) in [4.78, 5) is 29.2. The molecule has 23 heavy (non-hydrogen) atoms. The van der Waals surface area contributed by atoms with Crippen LogP contribution in [-0.4, -0.2) is 21.7 Å². The third-order valence-corrected chi connectivity index (χ3v) is 5.94. The van der Waals surface area contributed by atoms with E-state index < -0.39 is 13.3 Å². The molecule has 4 nitrogen and oxygen atoms in total. The van der Waals surface area contributed by atoms with Gasteiger partial charge >= 0.3 is 7.60 Å². The molecule has 0 aromatic rings. The van der Waals surface area contributed by atoms with Gasteiger partial charge in [-0.15, -0.1) is 0 Å². The molecule has 0 saturated carbocycles. The first-order chi connectivity index (χ1) is 11.0. The van der Waals surface area contributed by atoms with Gasteiger partial charge < -0.3 is 14.6 Å². The van der Waals surface area contributed by atoms with E-state index >= 15 is 0 Å². The average molecular weight is 348 g/mol. The third-order valence-electron chi connectivity index (χ3n) is 4.48. The van der Waals surface area contributed by atoms with Gasteiger partial charge in [0.25, 0.3) is 0 Å². The minimum atomic E-state index is -3.95. The summed E-state index contributed by atoms with van der Waals surface area (Å²) in [7, 11) is -3.95. The van der Waals surface area contributed by atoms with Crippen LogP contribution in [0.1, 0.15) is 103 Å². The predicted octanol–water partition coefficient (Wildman–Crippen LogP) is 5.60. The van der Waals surface area contributed by atoms with E-state index in [1.54, 1.807) is 0 Å². The molecule has 138 valence electrons. The molecule has 0 aromatic heterocycles. The second-order valence-electron chi connectivity index (χ2n) is 6.66. The minimum absolute atomic E-state index is 0.451. The number of carbonyl (C=O) groups excluding carboxylic acids is 1. The number of aldehydes is 1. The van der Waals surface area contributed by atoms with Crippen LogP contribution < -0.4 is 0 Å². The lowest BCUT2D eigenvalue weighted by molar-refractivity contribution is -0.107. The van der Waals surface area contributed by atoms with Gasteiger partial charge in [-0.3, -0.25) is 4.57 Å². The van der Waals surface area contributed by atoms with E-state index in [1.165, 1.54) is 32.1 Å². The molecule has 0 heterocycles. The van der Waals surface area contributed by atoms with Crippen molar-refractivity contribution < 1.29 is 19.1 Å². The van der Waals surface area contributed by atoms with Gasteiger partial charge in [0.1, 0.15) is 6.29 Å². The van der Waals surface area contributed by atoms with Crippen molar-refractivity contribution in [2.45, 2.75) is 109 Å². The first kappa shape index (κ1) is 22.8. The normalized spacial score (nSPS) is 13.2. The Morgan fingerprint density at radius 2 is 1.22 bits per heavy atom. The van der Waals surface area contributed by atoms with Crippen molar-refractivity contribution in [3.8, 4) is 0 Å². The molecule has 0 aliphatic heterocycles. The Balaban J connectivity index is 3.74. The van der Waals surface area contributed by atoms with Gasteiger partial charge in [0.2, 0.25) is 0 Å². The Bertz CT molecular complexity index is 314. The number of rotatable bonds is 17. The van der Waals surface area contributed by atoms with Gasteiger partial charge in [-0.05, 0) is 19.3 Å². The van der Waals surface area contributed by atoms with E-state index in [4.69, 9.17) is 0 Å². The predicted molar refractivity (Wildman–Crippen MR) is 96.8 cm³/mol. The van der Waals surface area contributed by atoms with Crippen LogP contribution in [0.25, 0.3) is 0 Å². The summed E-state index contributed by atoms with van der Waals surface area (Å²) in [6.07, 6.45) is 16.1. The molecule has 0 amide bonds. The topological polar surface area (TPSA) is 74.6 Å². The van der Waals surface area contributed by atoms with E-state index in [1.807, 2.05) is 0 Å². The maximum absolute atomic E-state index is 11.6. The van der Waals surface area contributed by atoms with E-state index in [0.717, 1.165) is 51.2 Å². The molecule has 0 saturated heterocycles. The zero-order valence-corrected chi connectivity index (χ0v) is 15.8. The van der Waals surface area contributed by atoms with Gasteiger partial charge in [0, 0.05) is 6.42 Å². The minimum Gasteiger partial charge on any atom is -0.324 e. The van der Waals surface area contributed by atoms with Crippen LogP contribution in [0.3, 0.4) is 0 Å². The lowest BCUT2D eigenvalue weighted by atomic mass is 10.0. The van der Waals surface area contributed by atoms with Gasteiger partial charge in [0.05, 0.1) is 5.66 Å². The van der Waals surface area contributed by atoms with Gasteiger partial charge in [0.15, 0.2) is 0 Å². The van der Waals surface area contributed by atoms with E-state index in [-0.39, 0.29) is 0 Å². The molecule has 0 aliphatic carbocycles. The quantitative estimate of drug-likeness (QED) is 0.204. The summed E-state index contributed by atoms with van der Waals surface area (Å²) in [6.45, 7) is 2.20. The highest BCUT2D eigenvalue weighted by molar-refractivity contribution is 7.52. The van der Waals surface area contributed by atoms with Crippen LogP contribution in [0.15, 0.2) is 0 Å². The van der Waals surface area contributed by atoms with Crippen molar-refractivity contribution in [1.29, 1.82) is 0 Å². The highest BCUT2D eigenvalue weighted by Crippen LogP contribution is 2.46. The number of hydrogen-bond donors (Lipinski definition) is 2. The van der Waals surface area contributed by atoms with Crippen LogP contribution in [-0.2, 0) is 9.36 Å². The van der Waals surface area contributed by atoms with Crippen molar-refractivity contribution in [3.63, 3.8) is 0 Å². The van der Waals surface area contributed by atoms with Crippen LogP contribution >= 0.6 is 7.60 Å². The summed E-state index contributed by atoms with van der Waals surface area (Å²) in [5.74, 6) is 0. The standard InChI is InChI=1S/C18H37O4P/c1-2-3-4-5-6-9-12-15-18(23(20,21)22)16-13-10-7-8-11-14-17-19/h17-18H,2-16H2,1H3,(H2,20,21,22). The molecule has 0 radical (unpaired) electrons. The second-order valence-corrected chi connectivity index (χ2v) is 8.57. The molecule has 1 atom stereocenters. The summed E-state index contributed by atoms with van der Waals surface area (Å²) >= 11 is 0. The smallest absolute Gasteiger partial charge is 0.324 e. The maximum Gasteiger partial charge on any atom is 0.328 e. The molecule has 0 fully saturated rings. The first-order valence-electron chi connectivity index (χ1n) is 9.51. The monoisotopic (exact) mass is 348 g/mol. The second kappa shape index (κ2) is 15.4. The Kier molecular flexibility index (Phi) is 15.2. The van der Waals surface area contributed by atoms with Crippen LogP contribution in [0.2, 0.25) is 0 Å². The first-order valence-corrected chi connectivity index (χ1v) is 11.2. The Morgan fingerprint density at radius 3 is 1.65 bits per heavy atom. The van der Waals surface area contributed by atoms with Crippen molar-refractivity contribution in [2.75, 3.05) is 0 Å². The largest absolute Gasteiger partial charge is 0.328 e. The van der Waals surface area contributed by atoms with Crippen LogP contribution in [0.4, 0.5) is 0 Å². The highest BCUT2D eigenvalue weighted by atomic mass is 31.2. The maximum atomic E-state index is 11.6. The molecule has 0 aromatic carbocycles. The van der Waals surface area contributed by atoms with E-state index in [0.29, 0.717) is 19.3 Å². The van der Waals surface area contributed by atoms with Crippen LogP contribution in [0.5, 0.6) is 0 Å². The van der Waals surface area contributed by atoms with E-state index in [2.05, 4.69) is 6.92 Å². The third kappa shape index (κ3) is 15.1. The molecule has 0 rings (SSSR count). The lowest BCUT2D eigenvalue weighted by Crippen LogP contribution is -2.08. The van der Waals surface area contributed by atoms with Crippen molar-refractivity contribution in [1.82, 2.24) is 0 Å². The molecular weight excluding hydrogens is 311 g/mol. The summed E-state index contributed by atoms with van der Waals surface area (Å²) in [5, 5.41) is 0. The van der Waals surface area contributed by atoms with Crippen molar-refractivity contribution in [3.05, 3.63) is 0 Å². The lowest BCUT2D eigenvalue weighted by Gasteiger charge is -2.18. The van der Waals surface area contributed by atoms with Gasteiger partial charge in [-0.1, -0.05) is 77.6 Å². The molecule has 0 aliphatic rings. The number of unbranched alkanes of at least 4 members (excludes halogenated alkanes) is 11. The zero-order chi connectivity index (χ0) is 17.4. The summed E-state index contributed by atoms with van der Waals surface area (Å²) in [6, 6.07) is 0. The summed E-state index contributed by atoms with van der Waals surface area (Å²) < 4.78 is 11.6. The molecule has 1 unspecified atom stereocenters. The van der Waals surface area contributed by atoms with E-state index in [9.17, 15) is 19.1 Å². The number of hydrogen-bond acceptors (Lipinski definition) is 2. The summed E-state index contributed by atoms with van der Waals surface area (Å²) in [5.41, 5.74) is -0.451. The molecule has 5 heteroatoms. The Hall–Kier alpha value is -0.180. The highest BCUT2D eigenvalue weighted by Gasteiger charge is 2.27. The SMILES string of the molecule is CCCCCCCCCC(CCCCCCCC=O)P(=O)(O)O. The Morgan fingerprint density at radius 1 is 0.783 bits per heavy atom. The van der Waals surface area contributed by atoms with Crippen molar-refractivity contribution in [2.24, 2.45) is 0 Å². The Labute approximate surface area is 142 Å². The molecule has 0 bridgehead atoms. The van der Waals surface area contributed by atoms with Crippen LogP contribution in [0, 0.1) is 0 Å². The molecular formula is C18H37O4P. The number of carbonyl (C=O) groups is 1. The fraction of sp³-hybridized carbons (Fsp3) is 0.944. The van der Waals surface area contributed by atoms with Gasteiger partial charge in [-0.25, -0.2) is 0 Å².